The number of ether oxygens (including phenoxy) is 1. The number of rotatable bonds is 5. The summed E-state index contributed by atoms with van der Waals surface area (Å²) in [6.07, 6.45) is 5.06. The minimum atomic E-state index is -0.0318. The molecule has 0 bridgehead atoms. The van der Waals surface area contributed by atoms with E-state index in [1.807, 2.05) is 4.90 Å². The number of phenols is 1. The summed E-state index contributed by atoms with van der Waals surface area (Å²) >= 11 is 1.69. The molecule has 2 heterocycles. The zero-order chi connectivity index (χ0) is 15.4. The molecule has 116 valence electrons. The van der Waals surface area contributed by atoms with Crippen LogP contribution < -0.4 is 4.74 Å². The Hall–Kier alpha value is -2.15. The van der Waals surface area contributed by atoms with Crippen molar-refractivity contribution in [1.82, 2.24) is 14.5 Å². The van der Waals surface area contributed by atoms with Crippen LogP contribution in [-0.4, -0.2) is 49.7 Å². The number of hydrogen-bond acceptors (Lipinski definition) is 5. The van der Waals surface area contributed by atoms with Crippen molar-refractivity contribution in [2.24, 2.45) is 0 Å². The molecule has 0 aliphatic carbocycles. The van der Waals surface area contributed by atoms with Crippen LogP contribution in [0, 0.1) is 0 Å². The van der Waals surface area contributed by atoms with E-state index in [0.29, 0.717) is 18.9 Å². The van der Waals surface area contributed by atoms with Gasteiger partial charge >= 0.3 is 0 Å². The number of thioether (sulfide) groups is 1. The topological polar surface area (TPSA) is 67.6 Å². The van der Waals surface area contributed by atoms with Crippen molar-refractivity contribution < 1.29 is 14.6 Å². The first-order valence-corrected chi connectivity index (χ1v) is 8.06. The van der Waals surface area contributed by atoms with Crippen LogP contribution in [-0.2, 0) is 11.3 Å². The molecule has 7 heteroatoms. The zero-order valence-electron chi connectivity index (χ0n) is 12.0. The van der Waals surface area contributed by atoms with Crippen LogP contribution in [0.4, 0.5) is 0 Å². The number of hydrogen-bond donors (Lipinski definition) is 1. The van der Waals surface area contributed by atoms with Crippen molar-refractivity contribution in [3.05, 3.63) is 43.0 Å². The molecule has 1 N–H and O–H groups in total. The molecule has 1 aliphatic rings. The molecule has 22 heavy (non-hydrogen) atoms. The SMILES string of the molecule is O=C(Cn1ccnc1)N1CCSC1COc1ccccc1O. The molecular weight excluding hydrogens is 302 g/mol. The van der Waals surface area contributed by atoms with E-state index in [-0.39, 0.29) is 23.6 Å². The summed E-state index contributed by atoms with van der Waals surface area (Å²) < 4.78 is 7.41. The third kappa shape index (κ3) is 3.36. The number of nitrogens with zero attached hydrogens (tertiary/aromatic N) is 3. The molecule has 1 amide bonds. The maximum Gasteiger partial charge on any atom is 0.243 e. The first-order valence-electron chi connectivity index (χ1n) is 7.01. The lowest BCUT2D eigenvalue weighted by Gasteiger charge is -2.24. The summed E-state index contributed by atoms with van der Waals surface area (Å²) in [6, 6.07) is 6.85. The summed E-state index contributed by atoms with van der Waals surface area (Å²) in [5.74, 6) is 1.50. The number of imidazole rings is 1. The van der Waals surface area contributed by atoms with E-state index in [0.717, 1.165) is 5.75 Å². The highest BCUT2D eigenvalue weighted by Crippen LogP contribution is 2.28. The minimum absolute atomic E-state index is 0.0318. The number of para-hydroxylation sites is 2. The maximum absolute atomic E-state index is 12.4. The molecule has 0 spiro atoms. The molecular formula is C15H17N3O3S. The third-order valence-corrected chi connectivity index (χ3v) is 4.63. The molecule has 1 saturated heterocycles. The second kappa shape index (κ2) is 6.74. The van der Waals surface area contributed by atoms with Gasteiger partial charge in [0.05, 0.1) is 6.33 Å². The Labute approximate surface area is 132 Å². The molecule has 6 nitrogen and oxygen atoms in total. The number of carbonyl (C=O) groups excluding carboxylic acids is 1. The maximum atomic E-state index is 12.4. The van der Waals surface area contributed by atoms with E-state index in [9.17, 15) is 9.90 Å². The second-order valence-corrected chi connectivity index (χ2v) is 6.21. The number of amides is 1. The van der Waals surface area contributed by atoms with Crippen molar-refractivity contribution in [2.75, 3.05) is 18.9 Å². The Kier molecular flexibility index (Phi) is 4.53. The fraction of sp³-hybridized carbons (Fsp3) is 0.333. The Morgan fingerprint density at radius 3 is 3.09 bits per heavy atom. The first kappa shape index (κ1) is 14.8. The number of carbonyl (C=O) groups is 1. The molecule has 1 aromatic carbocycles. The molecule has 1 aromatic heterocycles. The number of benzene rings is 1. The van der Waals surface area contributed by atoms with E-state index in [1.165, 1.54) is 0 Å². The van der Waals surface area contributed by atoms with E-state index in [2.05, 4.69) is 4.98 Å². The van der Waals surface area contributed by atoms with Crippen LogP contribution in [0.2, 0.25) is 0 Å². The monoisotopic (exact) mass is 319 g/mol. The van der Waals surface area contributed by atoms with Gasteiger partial charge in [-0.2, -0.15) is 0 Å². The highest BCUT2D eigenvalue weighted by Gasteiger charge is 2.30. The van der Waals surface area contributed by atoms with Crippen LogP contribution in [0.3, 0.4) is 0 Å². The average molecular weight is 319 g/mol. The van der Waals surface area contributed by atoms with E-state index >= 15 is 0 Å². The normalized spacial score (nSPS) is 17.6. The molecule has 1 fully saturated rings. The molecule has 1 atom stereocenters. The van der Waals surface area contributed by atoms with Gasteiger partial charge in [0.25, 0.3) is 0 Å². The number of aromatic nitrogens is 2. The standard InChI is InChI=1S/C15H17N3O3S/c19-12-3-1-2-4-13(12)21-10-15-18(7-8-22-15)14(20)9-17-6-5-16-11-17/h1-6,11,15,19H,7-10H2. The highest BCUT2D eigenvalue weighted by molar-refractivity contribution is 8.00. The predicted molar refractivity (Wildman–Crippen MR) is 83.8 cm³/mol. The van der Waals surface area contributed by atoms with Crippen molar-refractivity contribution in [3.63, 3.8) is 0 Å². The molecule has 0 saturated carbocycles. The summed E-state index contributed by atoms with van der Waals surface area (Å²) in [4.78, 5) is 18.1. The van der Waals surface area contributed by atoms with Gasteiger partial charge < -0.3 is 19.3 Å². The Bertz CT molecular complexity index is 633. The van der Waals surface area contributed by atoms with Crippen molar-refractivity contribution in [2.45, 2.75) is 11.9 Å². The van der Waals surface area contributed by atoms with E-state index in [4.69, 9.17) is 4.74 Å². The predicted octanol–water partition coefficient (Wildman–Crippen LogP) is 1.57. The lowest BCUT2D eigenvalue weighted by molar-refractivity contribution is -0.132. The van der Waals surface area contributed by atoms with Crippen LogP contribution in [0.25, 0.3) is 0 Å². The Morgan fingerprint density at radius 1 is 1.45 bits per heavy atom. The fourth-order valence-corrected chi connectivity index (χ4v) is 3.45. The molecule has 3 rings (SSSR count). The average Bonchev–Trinajstić information content (AvgIpc) is 3.17. The molecule has 0 radical (unpaired) electrons. The van der Waals surface area contributed by atoms with Gasteiger partial charge in [0.1, 0.15) is 18.5 Å². The third-order valence-electron chi connectivity index (χ3n) is 3.43. The zero-order valence-corrected chi connectivity index (χ0v) is 12.8. The molecule has 1 aliphatic heterocycles. The van der Waals surface area contributed by atoms with Crippen LogP contribution in [0.1, 0.15) is 0 Å². The van der Waals surface area contributed by atoms with Gasteiger partial charge in [0, 0.05) is 24.7 Å². The Morgan fingerprint density at radius 2 is 2.32 bits per heavy atom. The van der Waals surface area contributed by atoms with E-state index in [1.54, 1.807) is 59.3 Å². The largest absolute Gasteiger partial charge is 0.504 e. The lowest BCUT2D eigenvalue weighted by atomic mass is 10.3. The smallest absolute Gasteiger partial charge is 0.243 e. The molecule has 2 aromatic rings. The van der Waals surface area contributed by atoms with Gasteiger partial charge in [-0.05, 0) is 12.1 Å². The van der Waals surface area contributed by atoms with Gasteiger partial charge in [0.15, 0.2) is 11.5 Å². The molecule has 1 unspecified atom stereocenters. The van der Waals surface area contributed by atoms with Crippen molar-refractivity contribution in [1.29, 1.82) is 0 Å². The van der Waals surface area contributed by atoms with Crippen LogP contribution >= 0.6 is 11.8 Å². The van der Waals surface area contributed by atoms with Crippen LogP contribution in [0.15, 0.2) is 43.0 Å². The Balaban J connectivity index is 1.58. The van der Waals surface area contributed by atoms with E-state index < -0.39 is 0 Å². The highest BCUT2D eigenvalue weighted by atomic mass is 32.2. The van der Waals surface area contributed by atoms with Gasteiger partial charge in [0.2, 0.25) is 5.91 Å². The van der Waals surface area contributed by atoms with Crippen LogP contribution in [0.5, 0.6) is 11.5 Å². The van der Waals surface area contributed by atoms with Gasteiger partial charge in [-0.25, -0.2) is 4.98 Å². The number of aromatic hydroxyl groups is 1. The lowest BCUT2D eigenvalue weighted by Crippen LogP contribution is -2.39. The quantitative estimate of drug-likeness (QED) is 0.906. The minimum Gasteiger partial charge on any atom is -0.504 e. The summed E-state index contributed by atoms with van der Waals surface area (Å²) in [6.45, 7) is 1.36. The summed E-state index contributed by atoms with van der Waals surface area (Å²) in [7, 11) is 0. The van der Waals surface area contributed by atoms with Gasteiger partial charge in [-0.15, -0.1) is 11.8 Å². The van der Waals surface area contributed by atoms with Gasteiger partial charge in [-0.3, -0.25) is 4.79 Å². The fourth-order valence-electron chi connectivity index (χ4n) is 2.31. The van der Waals surface area contributed by atoms with Gasteiger partial charge in [-0.1, -0.05) is 12.1 Å². The second-order valence-electron chi connectivity index (χ2n) is 4.93. The summed E-state index contributed by atoms with van der Waals surface area (Å²) in [5, 5.41) is 9.68. The summed E-state index contributed by atoms with van der Waals surface area (Å²) in [5.41, 5.74) is 0. The number of phenolic OH excluding ortho intramolecular Hbond substituents is 1. The first-order chi connectivity index (χ1) is 10.7. The van der Waals surface area contributed by atoms with Crippen molar-refractivity contribution >= 4 is 17.7 Å². The van der Waals surface area contributed by atoms with Crippen molar-refractivity contribution in [3.8, 4) is 11.5 Å².